The summed E-state index contributed by atoms with van der Waals surface area (Å²) >= 11 is 0. The second-order valence-corrected chi connectivity index (χ2v) is 13.5. The van der Waals surface area contributed by atoms with E-state index in [9.17, 15) is 26.4 Å². The normalized spacial score (nSPS) is 18.1. The Hall–Kier alpha value is -2.86. The van der Waals surface area contributed by atoms with Crippen molar-refractivity contribution in [1.82, 2.24) is 9.88 Å². The number of sulfone groups is 1. The summed E-state index contributed by atoms with van der Waals surface area (Å²) in [5, 5.41) is 9.13. The number of benzene rings is 1. The van der Waals surface area contributed by atoms with Gasteiger partial charge in [0.1, 0.15) is 11.4 Å². The summed E-state index contributed by atoms with van der Waals surface area (Å²) in [6.45, 7) is 3.65. The molecule has 12 heteroatoms. The quantitative estimate of drug-likeness (QED) is 0.492. The van der Waals surface area contributed by atoms with Gasteiger partial charge in [0.25, 0.3) is 0 Å². The number of aliphatic hydroxyl groups is 1. The maximum atomic E-state index is 13.1. The van der Waals surface area contributed by atoms with Gasteiger partial charge < -0.3 is 19.5 Å². The molecule has 1 N–H and O–H groups in total. The van der Waals surface area contributed by atoms with Gasteiger partial charge in [0.05, 0.1) is 17.2 Å². The van der Waals surface area contributed by atoms with Gasteiger partial charge in [0.15, 0.2) is 9.84 Å². The fourth-order valence-corrected chi connectivity index (χ4v) is 6.72. The van der Waals surface area contributed by atoms with Crippen LogP contribution in [0.4, 0.5) is 18.0 Å². The fraction of sp³-hybridized carbons (Fsp3) is 0.571. The molecule has 1 saturated heterocycles. The van der Waals surface area contributed by atoms with Crippen molar-refractivity contribution in [1.29, 1.82) is 0 Å². The number of aryl methyl sites for hydroxylation is 1. The Morgan fingerprint density at radius 3 is 2.48 bits per heavy atom. The van der Waals surface area contributed by atoms with Crippen molar-refractivity contribution in [3.05, 3.63) is 47.7 Å². The Morgan fingerprint density at radius 1 is 1.18 bits per heavy atom. The van der Waals surface area contributed by atoms with Gasteiger partial charge >= 0.3 is 12.3 Å². The topological polar surface area (TPSA) is 106 Å². The van der Waals surface area contributed by atoms with Crippen LogP contribution in [0, 0.1) is 5.92 Å². The number of hydrogen-bond acceptors (Lipinski definition) is 7. The number of likely N-dealkylation sites (tertiary alicyclic amines) is 1. The molecule has 1 spiro atoms. The predicted octanol–water partition coefficient (Wildman–Crippen LogP) is 4.93. The number of alkyl halides is 3. The predicted molar refractivity (Wildman–Crippen MR) is 143 cm³/mol. The second-order valence-electron chi connectivity index (χ2n) is 11.4. The standard InChI is InChI=1S/C28H35F3N2O6S/c1-19(16-34)17-40(36,37)18-20-4-6-23(32-15-20)21-5-7-24-22(14-21)8-9-27(38-24)10-12-33(13-11-27)25(35)39-26(2,3)28(29,30)31/h4-7,14-15,19,34H,8-13,16-18H2,1-3H3/t19-/m1/s1. The average Bonchev–Trinajstić information content (AvgIpc) is 2.88. The maximum Gasteiger partial charge on any atom is 0.427 e. The zero-order valence-corrected chi connectivity index (χ0v) is 23.6. The molecule has 2 aliphatic rings. The minimum Gasteiger partial charge on any atom is -0.487 e. The number of pyridine rings is 1. The lowest BCUT2D eigenvalue weighted by Crippen LogP contribution is -2.53. The lowest BCUT2D eigenvalue weighted by Gasteiger charge is -2.44. The van der Waals surface area contributed by atoms with E-state index in [0.717, 1.165) is 37.1 Å². The zero-order valence-electron chi connectivity index (χ0n) is 22.8. The Kier molecular flexibility index (Phi) is 8.43. The summed E-state index contributed by atoms with van der Waals surface area (Å²) in [5.74, 6) is 0.175. The molecule has 0 aliphatic carbocycles. The molecule has 0 bridgehead atoms. The summed E-state index contributed by atoms with van der Waals surface area (Å²) in [5.41, 5.74) is 0.0815. The number of piperidine rings is 1. The summed E-state index contributed by atoms with van der Waals surface area (Å²) in [7, 11) is -3.36. The number of hydrogen-bond donors (Lipinski definition) is 1. The van der Waals surface area contributed by atoms with Gasteiger partial charge in [-0.1, -0.05) is 13.0 Å². The lowest BCUT2D eigenvalue weighted by atomic mass is 9.83. The molecule has 3 heterocycles. The van der Waals surface area contributed by atoms with Crippen molar-refractivity contribution in [2.45, 2.75) is 69.6 Å². The van der Waals surface area contributed by atoms with E-state index in [1.54, 1.807) is 25.3 Å². The molecule has 1 atom stereocenters. The molecule has 2 aliphatic heterocycles. The SMILES string of the molecule is C[C@H](CO)CS(=O)(=O)Cc1ccc(-c2ccc3c(c2)CCC2(CCN(C(=O)OC(C)(C)C(F)(F)F)CC2)O3)nc1. The van der Waals surface area contributed by atoms with Crippen molar-refractivity contribution < 1.29 is 41.0 Å². The van der Waals surface area contributed by atoms with E-state index < -0.39 is 33.3 Å². The highest BCUT2D eigenvalue weighted by Gasteiger charge is 2.52. The Morgan fingerprint density at radius 2 is 1.88 bits per heavy atom. The first-order valence-electron chi connectivity index (χ1n) is 13.3. The first-order chi connectivity index (χ1) is 18.6. The highest BCUT2D eigenvalue weighted by atomic mass is 32.2. The molecule has 1 aromatic heterocycles. The smallest absolute Gasteiger partial charge is 0.427 e. The molecule has 0 saturated carbocycles. The first kappa shape index (κ1) is 30.1. The number of rotatable bonds is 7. The summed E-state index contributed by atoms with van der Waals surface area (Å²) in [6, 6.07) is 9.26. The van der Waals surface area contributed by atoms with Gasteiger partial charge in [-0.2, -0.15) is 13.2 Å². The molecule has 4 rings (SSSR count). The van der Waals surface area contributed by atoms with Crippen molar-refractivity contribution >= 4 is 15.9 Å². The third kappa shape index (κ3) is 6.88. The largest absolute Gasteiger partial charge is 0.487 e. The molecule has 40 heavy (non-hydrogen) atoms. The van der Waals surface area contributed by atoms with Crippen LogP contribution in [0.5, 0.6) is 5.75 Å². The van der Waals surface area contributed by atoms with Crippen molar-refractivity contribution in [3.63, 3.8) is 0 Å². The molecule has 1 aromatic carbocycles. The van der Waals surface area contributed by atoms with Crippen LogP contribution in [-0.4, -0.2) is 72.3 Å². The zero-order chi connectivity index (χ0) is 29.3. The van der Waals surface area contributed by atoms with Crippen molar-refractivity contribution in [2.75, 3.05) is 25.4 Å². The fourth-order valence-electron chi connectivity index (χ4n) is 4.95. The molecule has 2 aromatic rings. The number of carbonyl (C=O) groups excluding carboxylic acids is 1. The number of aromatic nitrogens is 1. The van der Waals surface area contributed by atoms with Gasteiger partial charge in [0.2, 0.25) is 5.60 Å². The van der Waals surface area contributed by atoms with Crippen LogP contribution in [-0.2, 0) is 26.7 Å². The van der Waals surface area contributed by atoms with E-state index in [-0.39, 0.29) is 37.1 Å². The molecule has 1 amide bonds. The van der Waals surface area contributed by atoms with Crippen LogP contribution in [0.2, 0.25) is 0 Å². The third-order valence-corrected chi connectivity index (χ3v) is 9.40. The number of aliphatic hydroxyl groups excluding tert-OH is 1. The van der Waals surface area contributed by atoms with E-state index in [2.05, 4.69) is 4.98 Å². The van der Waals surface area contributed by atoms with E-state index >= 15 is 0 Å². The lowest BCUT2D eigenvalue weighted by molar-refractivity contribution is -0.246. The number of fused-ring (bicyclic) bond motifs is 1. The van der Waals surface area contributed by atoms with Crippen LogP contribution in [0.15, 0.2) is 36.5 Å². The van der Waals surface area contributed by atoms with Gasteiger partial charge in [-0.15, -0.1) is 0 Å². The number of carbonyl (C=O) groups is 1. The minimum absolute atomic E-state index is 0.0874. The van der Waals surface area contributed by atoms with Crippen LogP contribution in [0.25, 0.3) is 11.3 Å². The monoisotopic (exact) mass is 584 g/mol. The third-order valence-electron chi connectivity index (χ3n) is 7.55. The van der Waals surface area contributed by atoms with E-state index in [1.165, 1.54) is 4.90 Å². The molecule has 8 nitrogen and oxygen atoms in total. The minimum atomic E-state index is -4.66. The molecule has 0 unspecified atom stereocenters. The molecule has 0 radical (unpaired) electrons. The molecule has 1 fully saturated rings. The Balaban J connectivity index is 1.37. The Bertz CT molecular complexity index is 1320. The summed E-state index contributed by atoms with van der Waals surface area (Å²) < 4.78 is 75.1. The molecular weight excluding hydrogens is 549 g/mol. The summed E-state index contributed by atoms with van der Waals surface area (Å²) in [4.78, 5) is 18.1. The van der Waals surface area contributed by atoms with Gasteiger partial charge in [0, 0.05) is 44.3 Å². The number of ether oxygens (including phenoxy) is 2. The van der Waals surface area contributed by atoms with Crippen LogP contribution >= 0.6 is 0 Å². The first-order valence-corrected chi connectivity index (χ1v) is 15.1. The number of nitrogens with zero attached hydrogens (tertiary/aromatic N) is 2. The van der Waals surface area contributed by atoms with Gasteiger partial charge in [-0.3, -0.25) is 4.98 Å². The van der Waals surface area contributed by atoms with E-state index in [0.29, 0.717) is 30.5 Å². The van der Waals surface area contributed by atoms with Gasteiger partial charge in [-0.05, 0) is 68.0 Å². The van der Waals surface area contributed by atoms with Crippen LogP contribution in [0.1, 0.15) is 51.2 Å². The Labute approximate surface area is 232 Å². The molecular formula is C28H35F3N2O6S. The van der Waals surface area contributed by atoms with Gasteiger partial charge in [-0.25, -0.2) is 13.2 Å². The number of halogens is 3. The van der Waals surface area contributed by atoms with Crippen molar-refractivity contribution in [2.24, 2.45) is 5.92 Å². The van der Waals surface area contributed by atoms with Crippen LogP contribution in [0.3, 0.4) is 0 Å². The van der Waals surface area contributed by atoms with E-state index in [4.69, 9.17) is 14.6 Å². The second kappa shape index (κ2) is 11.2. The van der Waals surface area contributed by atoms with Crippen LogP contribution < -0.4 is 4.74 Å². The number of amides is 1. The van der Waals surface area contributed by atoms with Crippen molar-refractivity contribution in [3.8, 4) is 17.0 Å². The van der Waals surface area contributed by atoms with E-state index in [1.807, 2.05) is 18.2 Å². The maximum absolute atomic E-state index is 13.1. The summed E-state index contributed by atoms with van der Waals surface area (Å²) in [6.07, 6.45) is -1.68. The highest BCUT2D eigenvalue weighted by Crippen LogP contribution is 2.41. The average molecular weight is 585 g/mol. The highest BCUT2D eigenvalue weighted by molar-refractivity contribution is 7.90. The molecule has 220 valence electrons.